The van der Waals surface area contributed by atoms with E-state index in [2.05, 4.69) is 26.3 Å². The monoisotopic (exact) mass is 366 g/mol. The van der Waals surface area contributed by atoms with Gasteiger partial charge in [-0.05, 0) is 30.2 Å². The molecule has 1 N–H and O–H groups in total. The van der Waals surface area contributed by atoms with Gasteiger partial charge >= 0.3 is 6.03 Å². The highest BCUT2D eigenvalue weighted by Crippen LogP contribution is 2.28. The van der Waals surface area contributed by atoms with Gasteiger partial charge in [0.2, 0.25) is 0 Å². The third kappa shape index (κ3) is 2.85. The Kier molecular flexibility index (Phi) is 4.15. The molecule has 0 unspecified atom stereocenters. The molecule has 0 saturated carbocycles. The predicted octanol–water partition coefficient (Wildman–Crippen LogP) is 2.59. The second kappa shape index (κ2) is 6.08. The van der Waals surface area contributed by atoms with Crippen LogP contribution in [-0.2, 0) is 26.6 Å². The number of benzene rings is 1. The van der Waals surface area contributed by atoms with Gasteiger partial charge in [0.15, 0.2) is 0 Å². The molecule has 0 fully saturated rings. The van der Waals surface area contributed by atoms with Crippen LogP contribution >= 0.6 is 15.9 Å². The standard InChI is InChI=1S/C15H16BrFN4O/c1-20-10(4-6-19-20)8-18-15(22)21-7-5-11-12(9-21)14(17)3-2-13(11)16/h2-4,6H,5,7-9H2,1H3,(H,18,22). The first-order valence-corrected chi connectivity index (χ1v) is 7.81. The van der Waals surface area contributed by atoms with Crippen LogP contribution in [0.4, 0.5) is 9.18 Å². The molecule has 1 aliphatic rings. The van der Waals surface area contributed by atoms with Crippen LogP contribution in [0.1, 0.15) is 16.8 Å². The highest BCUT2D eigenvalue weighted by atomic mass is 79.9. The largest absolute Gasteiger partial charge is 0.332 e. The average molecular weight is 367 g/mol. The molecule has 1 aromatic carbocycles. The number of hydrogen-bond acceptors (Lipinski definition) is 2. The summed E-state index contributed by atoms with van der Waals surface area (Å²) < 4.78 is 16.6. The summed E-state index contributed by atoms with van der Waals surface area (Å²) in [6.45, 7) is 1.27. The van der Waals surface area contributed by atoms with E-state index in [4.69, 9.17) is 0 Å². The molecular formula is C15H16BrFN4O. The van der Waals surface area contributed by atoms with Crippen molar-refractivity contribution >= 4 is 22.0 Å². The van der Waals surface area contributed by atoms with Gasteiger partial charge in [-0.3, -0.25) is 4.68 Å². The lowest BCUT2D eigenvalue weighted by atomic mass is 9.99. The van der Waals surface area contributed by atoms with Crippen LogP contribution in [0.15, 0.2) is 28.9 Å². The maximum absolute atomic E-state index is 14.0. The second-order valence-corrected chi connectivity index (χ2v) is 6.12. The molecule has 0 atom stereocenters. The molecule has 0 aliphatic carbocycles. The molecule has 2 heterocycles. The highest BCUT2D eigenvalue weighted by molar-refractivity contribution is 9.10. The maximum Gasteiger partial charge on any atom is 0.318 e. The Hall–Kier alpha value is -1.89. The topological polar surface area (TPSA) is 50.2 Å². The van der Waals surface area contributed by atoms with Gasteiger partial charge in [-0.15, -0.1) is 0 Å². The zero-order valence-electron chi connectivity index (χ0n) is 12.1. The van der Waals surface area contributed by atoms with Crippen molar-refractivity contribution < 1.29 is 9.18 Å². The molecule has 7 heteroatoms. The second-order valence-electron chi connectivity index (χ2n) is 5.26. The molecular weight excluding hydrogens is 351 g/mol. The van der Waals surface area contributed by atoms with E-state index in [1.54, 1.807) is 21.8 Å². The predicted molar refractivity (Wildman–Crippen MR) is 83.7 cm³/mol. The minimum Gasteiger partial charge on any atom is -0.332 e. The van der Waals surface area contributed by atoms with Crippen LogP contribution in [0.2, 0.25) is 0 Å². The Morgan fingerprint density at radius 2 is 2.23 bits per heavy atom. The van der Waals surface area contributed by atoms with Crippen molar-refractivity contribution in [2.75, 3.05) is 6.54 Å². The zero-order chi connectivity index (χ0) is 15.7. The SMILES string of the molecule is Cn1nccc1CNC(=O)N1CCc2c(Br)ccc(F)c2C1. The quantitative estimate of drug-likeness (QED) is 0.887. The lowest BCUT2D eigenvalue weighted by Crippen LogP contribution is -2.43. The minimum atomic E-state index is -0.262. The van der Waals surface area contributed by atoms with Crippen LogP contribution in [0.25, 0.3) is 0 Å². The number of fused-ring (bicyclic) bond motifs is 1. The van der Waals surface area contributed by atoms with Crippen molar-refractivity contribution in [1.82, 2.24) is 20.0 Å². The van der Waals surface area contributed by atoms with Gasteiger partial charge in [0.05, 0.1) is 18.8 Å². The van der Waals surface area contributed by atoms with E-state index in [-0.39, 0.29) is 18.4 Å². The van der Waals surface area contributed by atoms with Gasteiger partial charge in [0.25, 0.3) is 0 Å². The average Bonchev–Trinajstić information content (AvgIpc) is 2.93. The van der Waals surface area contributed by atoms with Crippen LogP contribution in [0, 0.1) is 5.82 Å². The number of aromatic nitrogens is 2. The Morgan fingerprint density at radius 1 is 1.41 bits per heavy atom. The first-order valence-electron chi connectivity index (χ1n) is 7.01. The maximum atomic E-state index is 14.0. The molecule has 116 valence electrons. The van der Waals surface area contributed by atoms with Gasteiger partial charge in [-0.2, -0.15) is 5.10 Å². The van der Waals surface area contributed by atoms with E-state index in [0.29, 0.717) is 25.1 Å². The molecule has 3 rings (SSSR count). The number of hydrogen-bond donors (Lipinski definition) is 1. The Balaban J connectivity index is 1.68. The van der Waals surface area contributed by atoms with Gasteiger partial charge in [-0.1, -0.05) is 15.9 Å². The Morgan fingerprint density at radius 3 is 2.95 bits per heavy atom. The van der Waals surface area contributed by atoms with E-state index in [1.807, 2.05) is 13.1 Å². The van der Waals surface area contributed by atoms with Crippen LogP contribution < -0.4 is 5.32 Å². The van der Waals surface area contributed by atoms with E-state index in [9.17, 15) is 9.18 Å². The fraction of sp³-hybridized carbons (Fsp3) is 0.333. The molecule has 0 saturated heterocycles. The van der Waals surface area contributed by atoms with Gasteiger partial charge in [0, 0.05) is 29.8 Å². The van der Waals surface area contributed by atoms with Crippen LogP contribution in [-0.4, -0.2) is 27.3 Å². The summed E-state index contributed by atoms with van der Waals surface area (Å²) in [5.74, 6) is -0.262. The third-order valence-electron chi connectivity index (χ3n) is 3.93. The molecule has 0 bridgehead atoms. The summed E-state index contributed by atoms with van der Waals surface area (Å²) in [4.78, 5) is 13.9. The Bertz CT molecular complexity index is 716. The first-order chi connectivity index (χ1) is 10.6. The minimum absolute atomic E-state index is 0.189. The van der Waals surface area contributed by atoms with Crippen molar-refractivity contribution in [3.8, 4) is 0 Å². The number of carbonyl (C=O) groups excluding carboxylic acids is 1. The number of rotatable bonds is 2. The molecule has 2 amide bonds. The molecule has 0 spiro atoms. The number of nitrogens with zero attached hydrogens (tertiary/aromatic N) is 3. The van der Waals surface area contributed by atoms with Crippen molar-refractivity contribution in [1.29, 1.82) is 0 Å². The van der Waals surface area contributed by atoms with Crippen molar-refractivity contribution in [3.63, 3.8) is 0 Å². The molecule has 0 radical (unpaired) electrons. The Labute approximate surface area is 136 Å². The van der Waals surface area contributed by atoms with Crippen molar-refractivity contribution in [2.24, 2.45) is 7.05 Å². The summed E-state index contributed by atoms with van der Waals surface area (Å²) >= 11 is 3.44. The molecule has 22 heavy (non-hydrogen) atoms. The lowest BCUT2D eigenvalue weighted by Gasteiger charge is -2.29. The zero-order valence-corrected chi connectivity index (χ0v) is 13.7. The number of halogens is 2. The molecule has 1 aliphatic heterocycles. The fourth-order valence-corrected chi connectivity index (χ4v) is 3.19. The van der Waals surface area contributed by atoms with E-state index >= 15 is 0 Å². The van der Waals surface area contributed by atoms with E-state index < -0.39 is 0 Å². The van der Waals surface area contributed by atoms with Crippen LogP contribution in [0.5, 0.6) is 0 Å². The summed E-state index contributed by atoms with van der Waals surface area (Å²) in [7, 11) is 1.82. The van der Waals surface area contributed by atoms with Gasteiger partial charge in [0.1, 0.15) is 5.82 Å². The van der Waals surface area contributed by atoms with Crippen LogP contribution in [0.3, 0.4) is 0 Å². The number of urea groups is 1. The number of amides is 2. The number of aryl methyl sites for hydroxylation is 1. The molecule has 2 aromatic rings. The highest BCUT2D eigenvalue weighted by Gasteiger charge is 2.24. The van der Waals surface area contributed by atoms with E-state index in [1.165, 1.54) is 6.07 Å². The summed E-state index contributed by atoms with van der Waals surface area (Å²) in [5, 5.41) is 6.91. The van der Waals surface area contributed by atoms with Crippen molar-refractivity contribution in [3.05, 3.63) is 51.5 Å². The van der Waals surface area contributed by atoms with Gasteiger partial charge < -0.3 is 10.2 Å². The molecule has 1 aromatic heterocycles. The van der Waals surface area contributed by atoms with Gasteiger partial charge in [-0.25, -0.2) is 9.18 Å². The van der Waals surface area contributed by atoms with Crippen molar-refractivity contribution in [2.45, 2.75) is 19.5 Å². The smallest absolute Gasteiger partial charge is 0.318 e. The summed E-state index contributed by atoms with van der Waals surface area (Å²) in [6.07, 6.45) is 2.33. The summed E-state index contributed by atoms with van der Waals surface area (Å²) in [5.41, 5.74) is 2.46. The number of carbonyl (C=O) groups is 1. The van der Waals surface area contributed by atoms with E-state index in [0.717, 1.165) is 15.7 Å². The first kappa shape index (κ1) is 15.0. The lowest BCUT2D eigenvalue weighted by molar-refractivity contribution is 0.190. The summed E-state index contributed by atoms with van der Waals surface area (Å²) in [6, 6.07) is 4.81. The molecule has 5 nitrogen and oxygen atoms in total. The number of nitrogens with one attached hydrogen (secondary N) is 1. The fourth-order valence-electron chi connectivity index (χ4n) is 2.62. The third-order valence-corrected chi connectivity index (χ3v) is 4.67. The normalized spacial score (nSPS) is 13.9.